The summed E-state index contributed by atoms with van der Waals surface area (Å²) in [5.74, 6) is 1.66. The number of rotatable bonds is 6. The van der Waals surface area contributed by atoms with Gasteiger partial charge in [0.1, 0.15) is 24.2 Å². The van der Waals surface area contributed by atoms with Gasteiger partial charge in [-0.15, -0.1) is 0 Å². The predicted octanol–water partition coefficient (Wildman–Crippen LogP) is 1.98. The minimum Gasteiger partial charge on any atom is -0.495 e. The van der Waals surface area contributed by atoms with Gasteiger partial charge >= 0.3 is 0 Å². The van der Waals surface area contributed by atoms with Crippen molar-refractivity contribution in [3.05, 3.63) is 60.4 Å². The van der Waals surface area contributed by atoms with Gasteiger partial charge in [0.15, 0.2) is 17.8 Å². The first-order valence-corrected chi connectivity index (χ1v) is 9.36. The number of allylic oxidation sites excluding steroid dienone is 6. The highest BCUT2D eigenvalue weighted by atomic mass is 16.5. The Morgan fingerprint density at radius 2 is 2.21 bits per heavy atom. The molecule has 0 aromatic carbocycles. The van der Waals surface area contributed by atoms with Gasteiger partial charge in [0, 0.05) is 18.5 Å². The van der Waals surface area contributed by atoms with Gasteiger partial charge in [-0.1, -0.05) is 30.4 Å². The molecule has 8 nitrogen and oxygen atoms in total. The van der Waals surface area contributed by atoms with Gasteiger partial charge in [0.2, 0.25) is 0 Å². The first-order chi connectivity index (χ1) is 13.7. The van der Waals surface area contributed by atoms with Crippen LogP contribution in [-0.4, -0.2) is 55.6 Å². The molecule has 8 heteroatoms. The molecular formula is C20H23N5O3. The van der Waals surface area contributed by atoms with E-state index in [0.717, 1.165) is 42.1 Å². The smallest absolute Gasteiger partial charge is 0.182 e. The molecule has 0 spiro atoms. The summed E-state index contributed by atoms with van der Waals surface area (Å²) < 4.78 is 6.19. The van der Waals surface area contributed by atoms with Crippen molar-refractivity contribution in [2.45, 2.75) is 31.6 Å². The van der Waals surface area contributed by atoms with Crippen molar-refractivity contribution in [3.63, 3.8) is 0 Å². The van der Waals surface area contributed by atoms with Crippen molar-refractivity contribution in [2.75, 3.05) is 18.1 Å². The first kappa shape index (κ1) is 18.4. The molecule has 0 radical (unpaired) electrons. The van der Waals surface area contributed by atoms with Crippen LogP contribution >= 0.6 is 0 Å². The van der Waals surface area contributed by atoms with Gasteiger partial charge < -0.3 is 24.8 Å². The van der Waals surface area contributed by atoms with Crippen LogP contribution in [0.4, 0.5) is 5.82 Å². The Kier molecular flexibility index (Phi) is 5.50. The molecule has 4 rings (SSSR count). The number of nitrogens with zero attached hydrogens (tertiary/aromatic N) is 4. The quantitative estimate of drug-likeness (QED) is 0.657. The number of aliphatic hydroxyl groups is 2. The summed E-state index contributed by atoms with van der Waals surface area (Å²) in [6, 6.07) is 0.193. The molecule has 1 fully saturated rings. The molecule has 1 aliphatic heterocycles. The van der Waals surface area contributed by atoms with Crippen LogP contribution in [0.2, 0.25) is 0 Å². The van der Waals surface area contributed by atoms with E-state index in [0.29, 0.717) is 18.7 Å². The summed E-state index contributed by atoms with van der Waals surface area (Å²) in [5, 5.41) is 18.2. The largest absolute Gasteiger partial charge is 0.495 e. The third kappa shape index (κ3) is 3.97. The highest BCUT2D eigenvalue weighted by molar-refractivity contribution is 5.83. The SMILES string of the molecule is OC(O)C=CC1=C(OCC2CCCN2c2ncnc3nc[nH]c23)CC=CC=C1. The van der Waals surface area contributed by atoms with E-state index >= 15 is 0 Å². The Balaban J connectivity index is 1.52. The maximum atomic E-state index is 9.11. The summed E-state index contributed by atoms with van der Waals surface area (Å²) >= 11 is 0. The monoisotopic (exact) mass is 381 g/mol. The van der Waals surface area contributed by atoms with E-state index in [1.807, 2.05) is 24.3 Å². The van der Waals surface area contributed by atoms with E-state index in [-0.39, 0.29) is 6.04 Å². The summed E-state index contributed by atoms with van der Waals surface area (Å²) in [6.45, 7) is 1.43. The second-order valence-electron chi connectivity index (χ2n) is 6.74. The number of H-pyrrole nitrogens is 1. The highest BCUT2D eigenvalue weighted by Crippen LogP contribution is 2.29. The van der Waals surface area contributed by atoms with Crippen LogP contribution in [0.25, 0.3) is 11.2 Å². The Labute approximate surface area is 162 Å². The number of imidazole rings is 1. The fraction of sp³-hybridized carbons (Fsp3) is 0.350. The normalized spacial score (nSPS) is 20.1. The van der Waals surface area contributed by atoms with Crippen LogP contribution in [0.1, 0.15) is 19.3 Å². The van der Waals surface area contributed by atoms with E-state index in [1.54, 1.807) is 18.7 Å². The number of aromatic nitrogens is 4. The lowest BCUT2D eigenvalue weighted by molar-refractivity contribution is 0.00233. The fourth-order valence-electron chi connectivity index (χ4n) is 3.56. The molecule has 1 saturated heterocycles. The van der Waals surface area contributed by atoms with E-state index in [4.69, 9.17) is 14.9 Å². The molecule has 0 saturated carbocycles. The van der Waals surface area contributed by atoms with E-state index in [1.165, 1.54) is 6.08 Å². The summed E-state index contributed by atoms with van der Waals surface area (Å²) in [6.07, 6.45) is 15.2. The molecule has 0 bridgehead atoms. The molecule has 2 aromatic rings. The van der Waals surface area contributed by atoms with Gasteiger partial charge in [-0.2, -0.15) is 0 Å². The highest BCUT2D eigenvalue weighted by Gasteiger charge is 2.28. The third-order valence-corrected chi connectivity index (χ3v) is 4.90. The summed E-state index contributed by atoms with van der Waals surface area (Å²) in [4.78, 5) is 18.3. The average Bonchev–Trinajstić information content (AvgIpc) is 3.30. The van der Waals surface area contributed by atoms with Gasteiger partial charge in [-0.05, 0) is 18.9 Å². The lowest BCUT2D eigenvalue weighted by Crippen LogP contribution is -2.34. The molecule has 3 heterocycles. The number of hydrogen-bond donors (Lipinski definition) is 3. The second kappa shape index (κ2) is 8.37. The number of fused-ring (bicyclic) bond motifs is 1. The zero-order valence-corrected chi connectivity index (χ0v) is 15.4. The number of hydrogen-bond acceptors (Lipinski definition) is 7. The number of ether oxygens (including phenoxy) is 1. The maximum absolute atomic E-state index is 9.11. The minimum atomic E-state index is -1.49. The average molecular weight is 381 g/mol. The molecule has 2 aliphatic rings. The number of nitrogens with one attached hydrogen (secondary N) is 1. The molecular weight excluding hydrogens is 358 g/mol. The van der Waals surface area contributed by atoms with Crippen LogP contribution in [0.15, 0.2) is 60.4 Å². The van der Waals surface area contributed by atoms with Crippen LogP contribution in [0.5, 0.6) is 0 Å². The van der Waals surface area contributed by atoms with Gasteiger partial charge in [0.25, 0.3) is 0 Å². The van der Waals surface area contributed by atoms with Crippen molar-refractivity contribution < 1.29 is 14.9 Å². The predicted molar refractivity (Wildman–Crippen MR) is 105 cm³/mol. The standard InChI is InChI=1S/C20H23N5O3/c26-17(27)9-8-14-5-2-1-3-7-16(14)28-11-15-6-4-10-25(15)20-18-19(22-12-21-18)23-13-24-20/h1-3,5,8-9,12-13,15,17,26-27H,4,6-7,10-11H2,(H,21,22,23,24). The van der Waals surface area contributed by atoms with Crippen molar-refractivity contribution in [1.82, 2.24) is 19.9 Å². The lowest BCUT2D eigenvalue weighted by Gasteiger charge is -2.26. The van der Waals surface area contributed by atoms with Crippen molar-refractivity contribution in [2.24, 2.45) is 0 Å². The fourth-order valence-corrected chi connectivity index (χ4v) is 3.56. The molecule has 0 amide bonds. The van der Waals surface area contributed by atoms with Gasteiger partial charge in [-0.25, -0.2) is 15.0 Å². The molecule has 146 valence electrons. The van der Waals surface area contributed by atoms with Crippen molar-refractivity contribution in [1.29, 1.82) is 0 Å². The number of anilines is 1. The second-order valence-corrected chi connectivity index (χ2v) is 6.74. The molecule has 3 N–H and O–H groups in total. The third-order valence-electron chi connectivity index (χ3n) is 4.90. The topological polar surface area (TPSA) is 107 Å². The zero-order valence-electron chi connectivity index (χ0n) is 15.4. The molecule has 1 atom stereocenters. The van der Waals surface area contributed by atoms with E-state index < -0.39 is 6.29 Å². The Morgan fingerprint density at radius 1 is 1.29 bits per heavy atom. The molecule has 2 aromatic heterocycles. The van der Waals surface area contributed by atoms with Crippen LogP contribution in [-0.2, 0) is 4.74 Å². The molecule has 1 aliphatic carbocycles. The van der Waals surface area contributed by atoms with Gasteiger partial charge in [0.05, 0.1) is 12.4 Å². The molecule has 1 unspecified atom stereocenters. The van der Waals surface area contributed by atoms with E-state index in [2.05, 4.69) is 24.8 Å². The zero-order chi connectivity index (χ0) is 19.3. The van der Waals surface area contributed by atoms with Crippen molar-refractivity contribution in [3.8, 4) is 0 Å². The van der Waals surface area contributed by atoms with E-state index in [9.17, 15) is 0 Å². The molecule has 28 heavy (non-hydrogen) atoms. The number of aliphatic hydroxyl groups excluding tert-OH is 1. The Morgan fingerprint density at radius 3 is 3.11 bits per heavy atom. The van der Waals surface area contributed by atoms with Crippen molar-refractivity contribution >= 4 is 17.0 Å². The summed E-state index contributed by atoms with van der Waals surface area (Å²) in [5.41, 5.74) is 2.34. The summed E-state index contributed by atoms with van der Waals surface area (Å²) in [7, 11) is 0. The first-order valence-electron chi connectivity index (χ1n) is 9.36. The minimum absolute atomic E-state index is 0.193. The number of aromatic amines is 1. The Bertz CT molecular complexity index is 944. The van der Waals surface area contributed by atoms with Crippen LogP contribution < -0.4 is 4.90 Å². The van der Waals surface area contributed by atoms with Crippen LogP contribution in [0.3, 0.4) is 0 Å². The lowest BCUT2D eigenvalue weighted by atomic mass is 10.1. The van der Waals surface area contributed by atoms with Crippen LogP contribution in [0, 0.1) is 0 Å². The Hall–Kier alpha value is -2.97. The maximum Gasteiger partial charge on any atom is 0.182 e. The van der Waals surface area contributed by atoms with Gasteiger partial charge in [-0.3, -0.25) is 0 Å².